The minimum absolute atomic E-state index is 0.128. The molecular weight excluding hydrogens is 323 g/mol. The van der Waals surface area contributed by atoms with Crippen LogP contribution in [0.15, 0.2) is 30.5 Å². The molecule has 1 aliphatic heterocycles. The number of carbonyl (C=O) groups excluding carboxylic acids is 2. The number of hydrogen-bond acceptors (Lipinski definition) is 3. The van der Waals surface area contributed by atoms with Crippen molar-refractivity contribution in [3.05, 3.63) is 47.5 Å². The van der Waals surface area contributed by atoms with Crippen LogP contribution in [-0.2, 0) is 16.6 Å². The van der Waals surface area contributed by atoms with Crippen LogP contribution in [0.4, 0.5) is 10.1 Å². The third-order valence-corrected chi connectivity index (χ3v) is 4.51. The van der Waals surface area contributed by atoms with E-state index in [1.165, 1.54) is 17.0 Å². The predicted molar refractivity (Wildman–Crippen MR) is 91.4 cm³/mol. The smallest absolute Gasteiger partial charge is 0.227 e. The fourth-order valence-electron chi connectivity index (χ4n) is 3.21. The monoisotopic (exact) mass is 344 g/mol. The van der Waals surface area contributed by atoms with Crippen molar-refractivity contribution in [3.8, 4) is 0 Å². The summed E-state index contributed by atoms with van der Waals surface area (Å²) in [5.41, 5.74) is 2.43. The van der Waals surface area contributed by atoms with Crippen LogP contribution in [-0.4, -0.2) is 28.1 Å². The standard InChI is InChI=1S/C18H21FN4O2/c1-11(16-10-22(3)21-12(16)2)20-18(25)13-8-17(24)23(9-13)15-6-4-14(19)5-7-15/h4-7,10-11,13H,8-9H2,1-3H3,(H,20,25)/t11-,13-/m1/s1. The second kappa shape index (κ2) is 6.66. The molecule has 0 bridgehead atoms. The van der Waals surface area contributed by atoms with E-state index >= 15 is 0 Å². The number of hydrogen-bond donors (Lipinski definition) is 1. The lowest BCUT2D eigenvalue weighted by molar-refractivity contribution is -0.126. The highest BCUT2D eigenvalue weighted by Gasteiger charge is 2.35. The van der Waals surface area contributed by atoms with Gasteiger partial charge in [0.15, 0.2) is 0 Å². The topological polar surface area (TPSA) is 67.2 Å². The molecule has 2 heterocycles. The third-order valence-electron chi connectivity index (χ3n) is 4.51. The van der Waals surface area contributed by atoms with Crippen molar-refractivity contribution >= 4 is 17.5 Å². The van der Waals surface area contributed by atoms with Crippen molar-refractivity contribution in [1.82, 2.24) is 15.1 Å². The van der Waals surface area contributed by atoms with Gasteiger partial charge in [0, 0.05) is 37.5 Å². The van der Waals surface area contributed by atoms with Gasteiger partial charge in [-0.15, -0.1) is 0 Å². The maximum atomic E-state index is 13.0. The van der Waals surface area contributed by atoms with Gasteiger partial charge in [0.25, 0.3) is 0 Å². The molecule has 0 aliphatic carbocycles. The van der Waals surface area contributed by atoms with E-state index in [1.807, 2.05) is 27.1 Å². The van der Waals surface area contributed by atoms with Crippen molar-refractivity contribution in [2.75, 3.05) is 11.4 Å². The molecule has 6 nitrogen and oxygen atoms in total. The van der Waals surface area contributed by atoms with Crippen LogP contribution < -0.4 is 10.2 Å². The van der Waals surface area contributed by atoms with Crippen molar-refractivity contribution in [1.29, 1.82) is 0 Å². The van der Waals surface area contributed by atoms with E-state index < -0.39 is 5.92 Å². The molecule has 1 aromatic heterocycles. The first kappa shape index (κ1) is 17.1. The van der Waals surface area contributed by atoms with Gasteiger partial charge in [-0.2, -0.15) is 5.10 Å². The van der Waals surface area contributed by atoms with E-state index in [-0.39, 0.29) is 30.1 Å². The van der Waals surface area contributed by atoms with Gasteiger partial charge >= 0.3 is 0 Å². The van der Waals surface area contributed by atoms with Gasteiger partial charge in [0.2, 0.25) is 11.8 Å². The molecule has 2 aromatic rings. The molecule has 0 spiro atoms. The molecular formula is C18H21FN4O2. The summed E-state index contributed by atoms with van der Waals surface area (Å²) in [5.74, 6) is -1.06. The molecule has 0 radical (unpaired) electrons. The Balaban J connectivity index is 1.66. The number of aromatic nitrogens is 2. The lowest BCUT2D eigenvalue weighted by Gasteiger charge is -2.18. The van der Waals surface area contributed by atoms with E-state index in [0.717, 1.165) is 11.3 Å². The van der Waals surface area contributed by atoms with E-state index in [4.69, 9.17) is 0 Å². The lowest BCUT2D eigenvalue weighted by atomic mass is 10.1. The summed E-state index contributed by atoms with van der Waals surface area (Å²) >= 11 is 0. The second-order valence-electron chi connectivity index (χ2n) is 6.46. The SMILES string of the molecule is Cc1nn(C)cc1[C@@H](C)NC(=O)[C@@H]1CC(=O)N(c2ccc(F)cc2)C1. The highest BCUT2D eigenvalue weighted by molar-refractivity contribution is 6.00. The van der Waals surface area contributed by atoms with Crippen LogP contribution >= 0.6 is 0 Å². The molecule has 7 heteroatoms. The van der Waals surface area contributed by atoms with Crippen molar-refractivity contribution in [3.63, 3.8) is 0 Å². The highest BCUT2D eigenvalue weighted by atomic mass is 19.1. The summed E-state index contributed by atoms with van der Waals surface area (Å²) in [7, 11) is 1.83. The Bertz CT molecular complexity index is 800. The van der Waals surface area contributed by atoms with Crippen LogP contribution in [0.25, 0.3) is 0 Å². The minimum atomic E-state index is -0.419. The van der Waals surface area contributed by atoms with Crippen molar-refractivity contribution in [2.45, 2.75) is 26.3 Å². The summed E-state index contributed by atoms with van der Waals surface area (Å²) in [6.45, 7) is 4.10. The lowest BCUT2D eigenvalue weighted by Crippen LogP contribution is -2.34. The van der Waals surface area contributed by atoms with Crippen LogP contribution in [0, 0.1) is 18.7 Å². The van der Waals surface area contributed by atoms with Crippen molar-refractivity contribution < 1.29 is 14.0 Å². The molecule has 1 fully saturated rings. The summed E-state index contributed by atoms with van der Waals surface area (Å²) in [5, 5.41) is 7.24. The molecule has 1 saturated heterocycles. The first-order chi connectivity index (χ1) is 11.8. The van der Waals surface area contributed by atoms with Gasteiger partial charge in [-0.1, -0.05) is 0 Å². The number of rotatable bonds is 4. The van der Waals surface area contributed by atoms with E-state index in [1.54, 1.807) is 16.8 Å². The van der Waals surface area contributed by atoms with Gasteiger partial charge < -0.3 is 10.2 Å². The molecule has 3 rings (SSSR count). The fraction of sp³-hybridized carbons (Fsp3) is 0.389. The number of anilines is 1. The first-order valence-electron chi connectivity index (χ1n) is 8.21. The Morgan fingerprint density at radius 3 is 2.64 bits per heavy atom. The number of halogens is 1. The maximum absolute atomic E-state index is 13.0. The zero-order valence-corrected chi connectivity index (χ0v) is 14.5. The van der Waals surface area contributed by atoms with Gasteiger partial charge in [0.1, 0.15) is 5.82 Å². The molecule has 132 valence electrons. The number of carbonyl (C=O) groups is 2. The Labute approximate surface area is 145 Å². The number of aryl methyl sites for hydroxylation is 2. The van der Waals surface area contributed by atoms with Gasteiger partial charge in [-0.05, 0) is 38.1 Å². The number of nitrogens with one attached hydrogen (secondary N) is 1. The summed E-state index contributed by atoms with van der Waals surface area (Å²) in [6, 6.07) is 5.53. The quantitative estimate of drug-likeness (QED) is 0.924. The van der Waals surface area contributed by atoms with E-state index in [2.05, 4.69) is 10.4 Å². The molecule has 0 unspecified atom stereocenters. The van der Waals surface area contributed by atoms with Gasteiger partial charge in [-0.25, -0.2) is 4.39 Å². The Morgan fingerprint density at radius 1 is 1.36 bits per heavy atom. The number of amides is 2. The number of nitrogens with zero attached hydrogens (tertiary/aromatic N) is 3. The highest BCUT2D eigenvalue weighted by Crippen LogP contribution is 2.26. The molecule has 0 saturated carbocycles. The van der Waals surface area contributed by atoms with Crippen LogP contribution in [0.3, 0.4) is 0 Å². The largest absolute Gasteiger partial charge is 0.349 e. The molecule has 25 heavy (non-hydrogen) atoms. The molecule has 2 atom stereocenters. The average Bonchev–Trinajstić information content (AvgIpc) is 3.10. The molecule has 1 aliphatic rings. The Kier molecular flexibility index (Phi) is 4.57. The minimum Gasteiger partial charge on any atom is -0.349 e. The molecule has 1 aromatic carbocycles. The first-order valence-corrected chi connectivity index (χ1v) is 8.21. The van der Waals surface area contributed by atoms with Crippen LogP contribution in [0.1, 0.15) is 30.6 Å². The number of benzene rings is 1. The van der Waals surface area contributed by atoms with Crippen molar-refractivity contribution in [2.24, 2.45) is 13.0 Å². The zero-order chi connectivity index (χ0) is 18.1. The second-order valence-corrected chi connectivity index (χ2v) is 6.46. The van der Waals surface area contributed by atoms with Gasteiger partial charge in [-0.3, -0.25) is 14.3 Å². The van der Waals surface area contributed by atoms with Gasteiger partial charge in [0.05, 0.1) is 17.7 Å². The summed E-state index contributed by atoms with van der Waals surface area (Å²) in [6.07, 6.45) is 2.03. The Hall–Kier alpha value is -2.70. The van der Waals surface area contributed by atoms with E-state index in [0.29, 0.717) is 12.2 Å². The summed E-state index contributed by atoms with van der Waals surface area (Å²) < 4.78 is 14.8. The van der Waals surface area contributed by atoms with Crippen LogP contribution in [0.2, 0.25) is 0 Å². The average molecular weight is 344 g/mol. The zero-order valence-electron chi connectivity index (χ0n) is 14.5. The van der Waals surface area contributed by atoms with E-state index in [9.17, 15) is 14.0 Å². The molecule has 2 amide bonds. The normalized spacial score (nSPS) is 18.5. The fourth-order valence-corrected chi connectivity index (χ4v) is 3.21. The van der Waals surface area contributed by atoms with Crippen LogP contribution in [0.5, 0.6) is 0 Å². The summed E-state index contributed by atoms with van der Waals surface area (Å²) in [4.78, 5) is 26.3. The third kappa shape index (κ3) is 3.55. The molecule has 1 N–H and O–H groups in total. The predicted octanol–water partition coefficient (Wildman–Crippen LogP) is 2.10. The Morgan fingerprint density at radius 2 is 2.04 bits per heavy atom. The maximum Gasteiger partial charge on any atom is 0.227 e.